The summed E-state index contributed by atoms with van der Waals surface area (Å²) in [5.41, 5.74) is 0.113. The molecule has 0 heterocycles. The maximum absolute atomic E-state index is 11.4. The van der Waals surface area contributed by atoms with Crippen LogP contribution in [0.1, 0.15) is 102 Å². The molecule has 0 aliphatic rings. The fourth-order valence-electron chi connectivity index (χ4n) is 1.91. The van der Waals surface area contributed by atoms with Gasteiger partial charge in [0.1, 0.15) is 0 Å². The van der Waals surface area contributed by atoms with Gasteiger partial charge < -0.3 is 10.6 Å². The summed E-state index contributed by atoms with van der Waals surface area (Å²) in [6.07, 6.45) is 2.15. The zero-order valence-electron chi connectivity index (χ0n) is 18.9. The van der Waals surface area contributed by atoms with Gasteiger partial charge in [-0.1, -0.05) is 41.5 Å². The second-order valence-electron chi connectivity index (χ2n) is 11.4. The van der Waals surface area contributed by atoms with Crippen molar-refractivity contribution in [3.63, 3.8) is 0 Å². The molecule has 2 N–H and O–H groups in total. The van der Waals surface area contributed by atoms with Crippen LogP contribution in [-0.4, -0.2) is 22.9 Å². The molecule has 0 aromatic carbocycles. The fourth-order valence-corrected chi connectivity index (χ4v) is 1.91. The van der Waals surface area contributed by atoms with Gasteiger partial charge in [0.05, 0.1) is 0 Å². The fraction of sp³-hybridized carbons (Fsp3) is 0.905. The molecule has 4 heteroatoms. The molecule has 25 heavy (non-hydrogen) atoms. The van der Waals surface area contributed by atoms with E-state index in [2.05, 4.69) is 52.2 Å². The summed E-state index contributed by atoms with van der Waals surface area (Å²) in [7, 11) is 0. The highest BCUT2D eigenvalue weighted by molar-refractivity contribution is 5.77. The number of carbonyl (C=O) groups excluding carboxylic acids is 2. The maximum atomic E-state index is 11.4. The van der Waals surface area contributed by atoms with Crippen LogP contribution in [0.4, 0.5) is 0 Å². The molecule has 0 bridgehead atoms. The predicted octanol–water partition coefficient (Wildman–Crippen LogP) is 5.06. The van der Waals surface area contributed by atoms with Crippen LogP contribution in [0.5, 0.6) is 0 Å². The Morgan fingerprint density at radius 1 is 0.600 bits per heavy atom. The zero-order chi connectivity index (χ0) is 20.7. The monoisotopic (exact) mass is 356 g/mol. The van der Waals surface area contributed by atoms with Crippen LogP contribution in [0.15, 0.2) is 0 Å². The maximum Gasteiger partial charge on any atom is 0.220 e. The third-order valence-corrected chi connectivity index (χ3v) is 2.82. The topological polar surface area (TPSA) is 58.2 Å². The van der Waals surface area contributed by atoms with Gasteiger partial charge in [0.15, 0.2) is 0 Å². The molecular formula is C21H44N2O2. The second kappa shape index (κ2) is 9.59. The molecule has 150 valence electrons. The molecule has 0 saturated carbocycles. The minimum atomic E-state index is -0.109. The highest BCUT2D eigenvalue weighted by Gasteiger charge is 2.19. The molecule has 0 saturated heterocycles. The average Bonchev–Trinajstić information content (AvgIpc) is 2.17. The summed E-state index contributed by atoms with van der Waals surface area (Å²) in [5.74, 6) is 0.289. The van der Waals surface area contributed by atoms with Gasteiger partial charge in [0.25, 0.3) is 0 Å². The molecule has 2 amide bonds. The van der Waals surface area contributed by atoms with E-state index in [9.17, 15) is 9.59 Å². The van der Waals surface area contributed by atoms with Gasteiger partial charge in [-0.05, 0) is 58.8 Å². The third kappa shape index (κ3) is 25.3. The smallest absolute Gasteiger partial charge is 0.220 e. The molecule has 0 rings (SSSR count). The molecule has 0 fully saturated rings. The summed E-state index contributed by atoms with van der Waals surface area (Å²) in [6.45, 7) is 24.6. The van der Waals surface area contributed by atoms with Gasteiger partial charge in [-0.3, -0.25) is 9.59 Å². The highest BCUT2D eigenvalue weighted by Crippen LogP contribution is 2.20. The first-order chi connectivity index (χ1) is 10.7. The lowest BCUT2D eigenvalue weighted by Crippen LogP contribution is -2.41. The third-order valence-electron chi connectivity index (χ3n) is 2.82. The first-order valence-corrected chi connectivity index (χ1v) is 9.32. The van der Waals surface area contributed by atoms with Gasteiger partial charge in [-0.15, -0.1) is 0 Å². The Kier molecular flexibility index (Phi) is 10.0. The van der Waals surface area contributed by atoms with Gasteiger partial charge in [-0.2, -0.15) is 0 Å². The summed E-state index contributed by atoms with van der Waals surface area (Å²) in [6, 6.07) is 0. The standard InChI is InChI=1S/C11H23NO.C10H21NO/c1-10(2,3)8-7-9(13)12-11(4,5)6;1-9(2,3)7-8(12)11-10(4,5)6/h7-8H2,1-6H3,(H,12,13);7H2,1-6H3,(H,11,12). The van der Waals surface area contributed by atoms with Crippen molar-refractivity contribution in [2.75, 3.05) is 0 Å². The van der Waals surface area contributed by atoms with Crippen LogP contribution in [0.25, 0.3) is 0 Å². The number of hydrogen-bond donors (Lipinski definition) is 2. The quantitative estimate of drug-likeness (QED) is 0.742. The number of amides is 2. The molecule has 0 aliphatic carbocycles. The molecule has 0 spiro atoms. The first-order valence-electron chi connectivity index (χ1n) is 9.32. The predicted molar refractivity (Wildman–Crippen MR) is 109 cm³/mol. The van der Waals surface area contributed by atoms with Crippen LogP contribution in [0, 0.1) is 10.8 Å². The van der Waals surface area contributed by atoms with Crippen molar-refractivity contribution in [3.05, 3.63) is 0 Å². The van der Waals surface area contributed by atoms with Crippen molar-refractivity contribution >= 4 is 11.8 Å². The molecular weight excluding hydrogens is 312 g/mol. The van der Waals surface area contributed by atoms with E-state index in [1.54, 1.807) is 0 Å². The largest absolute Gasteiger partial charge is 0.352 e. The highest BCUT2D eigenvalue weighted by atomic mass is 16.2. The van der Waals surface area contributed by atoms with E-state index in [-0.39, 0.29) is 33.7 Å². The average molecular weight is 357 g/mol. The van der Waals surface area contributed by atoms with E-state index in [0.29, 0.717) is 12.8 Å². The SMILES string of the molecule is CC(C)(C)CC(=O)NC(C)(C)C.CC(C)(C)CCC(=O)NC(C)(C)C. The van der Waals surface area contributed by atoms with Crippen molar-refractivity contribution in [1.82, 2.24) is 10.6 Å². The van der Waals surface area contributed by atoms with E-state index in [1.165, 1.54) is 0 Å². The lowest BCUT2D eigenvalue weighted by atomic mass is 9.90. The first kappa shape index (κ1) is 26.2. The van der Waals surface area contributed by atoms with Gasteiger partial charge in [0.2, 0.25) is 11.8 Å². The molecule has 0 unspecified atom stereocenters. The second-order valence-corrected chi connectivity index (χ2v) is 11.4. The summed E-state index contributed by atoms with van der Waals surface area (Å²) in [4.78, 5) is 22.8. The summed E-state index contributed by atoms with van der Waals surface area (Å²) in [5, 5.41) is 5.89. The molecule has 0 radical (unpaired) electrons. The Morgan fingerprint density at radius 2 is 0.960 bits per heavy atom. The Labute approximate surface area is 156 Å². The lowest BCUT2D eigenvalue weighted by molar-refractivity contribution is -0.124. The lowest BCUT2D eigenvalue weighted by Gasteiger charge is -2.24. The Morgan fingerprint density at radius 3 is 1.24 bits per heavy atom. The normalized spacial score (nSPS) is 12.8. The van der Waals surface area contributed by atoms with Crippen LogP contribution < -0.4 is 10.6 Å². The molecule has 0 aliphatic heterocycles. The van der Waals surface area contributed by atoms with Crippen LogP contribution >= 0.6 is 0 Å². The summed E-state index contributed by atoms with van der Waals surface area (Å²) >= 11 is 0. The van der Waals surface area contributed by atoms with Crippen LogP contribution in [0.3, 0.4) is 0 Å². The number of nitrogens with one attached hydrogen (secondary N) is 2. The van der Waals surface area contributed by atoms with Crippen LogP contribution in [0.2, 0.25) is 0 Å². The van der Waals surface area contributed by atoms with Gasteiger partial charge in [-0.25, -0.2) is 0 Å². The minimum absolute atomic E-state index is 0.0787. The van der Waals surface area contributed by atoms with Gasteiger partial charge >= 0.3 is 0 Å². The Hall–Kier alpha value is -1.06. The molecule has 0 aromatic heterocycles. The van der Waals surface area contributed by atoms with Crippen molar-refractivity contribution in [2.45, 2.75) is 113 Å². The number of hydrogen-bond acceptors (Lipinski definition) is 2. The van der Waals surface area contributed by atoms with Crippen molar-refractivity contribution in [3.8, 4) is 0 Å². The Bertz CT molecular complexity index is 395. The summed E-state index contributed by atoms with van der Waals surface area (Å²) < 4.78 is 0. The zero-order valence-corrected chi connectivity index (χ0v) is 18.9. The Balaban J connectivity index is 0. The van der Waals surface area contributed by atoms with Crippen LogP contribution in [-0.2, 0) is 9.59 Å². The van der Waals surface area contributed by atoms with E-state index < -0.39 is 0 Å². The van der Waals surface area contributed by atoms with E-state index >= 15 is 0 Å². The van der Waals surface area contributed by atoms with E-state index in [1.807, 2.05) is 41.5 Å². The molecule has 0 atom stereocenters. The van der Waals surface area contributed by atoms with E-state index in [4.69, 9.17) is 0 Å². The number of carbonyl (C=O) groups is 2. The molecule has 4 nitrogen and oxygen atoms in total. The van der Waals surface area contributed by atoms with E-state index in [0.717, 1.165) is 6.42 Å². The van der Waals surface area contributed by atoms with Crippen molar-refractivity contribution in [1.29, 1.82) is 0 Å². The minimum Gasteiger partial charge on any atom is -0.352 e. The molecule has 0 aromatic rings. The van der Waals surface area contributed by atoms with Crippen molar-refractivity contribution in [2.24, 2.45) is 10.8 Å². The van der Waals surface area contributed by atoms with Crippen molar-refractivity contribution < 1.29 is 9.59 Å². The van der Waals surface area contributed by atoms with Gasteiger partial charge in [0, 0.05) is 23.9 Å². The number of rotatable bonds is 3.